The molecule has 0 atom stereocenters. The number of aryl methyl sites for hydroxylation is 2. The molecule has 8 nitrogen and oxygen atoms in total. The van der Waals surface area contributed by atoms with Gasteiger partial charge in [0, 0.05) is 22.3 Å². The second-order valence-corrected chi connectivity index (χ2v) is 12.1. The van der Waals surface area contributed by atoms with E-state index in [1.165, 1.54) is 24.3 Å². The van der Waals surface area contributed by atoms with Crippen molar-refractivity contribution in [1.29, 1.82) is 0 Å². The van der Waals surface area contributed by atoms with Crippen molar-refractivity contribution in [2.75, 3.05) is 0 Å². The summed E-state index contributed by atoms with van der Waals surface area (Å²) in [6.45, 7) is 10.8. The Balaban J connectivity index is 0.00000289. The summed E-state index contributed by atoms with van der Waals surface area (Å²) >= 11 is 0. The molecular formula is C22H26N4Na2O4S2. The molecule has 0 bridgehead atoms. The fourth-order valence-corrected chi connectivity index (χ4v) is 5.46. The number of hydrogen-bond acceptors (Lipinski definition) is 6. The summed E-state index contributed by atoms with van der Waals surface area (Å²) in [6, 6.07) is 12.7. The van der Waals surface area contributed by atoms with E-state index in [1.54, 1.807) is 52.0 Å². The maximum atomic E-state index is 12.5. The molecule has 0 unspecified atom stereocenters. The molecule has 12 heteroatoms. The monoisotopic (exact) mass is 520 g/mol. The Morgan fingerprint density at radius 3 is 1.12 bits per heavy atom. The van der Waals surface area contributed by atoms with E-state index >= 15 is 0 Å². The first-order valence-electron chi connectivity index (χ1n) is 9.93. The van der Waals surface area contributed by atoms with Gasteiger partial charge in [-0.1, -0.05) is 35.4 Å². The van der Waals surface area contributed by atoms with Crippen molar-refractivity contribution >= 4 is 31.5 Å². The summed E-state index contributed by atoms with van der Waals surface area (Å²) in [5, 5.41) is 8.10. The predicted octanol–water partition coefficient (Wildman–Crippen LogP) is -1.09. The quantitative estimate of drug-likeness (QED) is 0.355. The number of sulfonamides is 2. The second-order valence-electron chi connectivity index (χ2n) is 8.89. The minimum atomic E-state index is -3.96. The zero-order chi connectivity index (χ0) is 23.9. The van der Waals surface area contributed by atoms with E-state index in [1.807, 2.05) is 13.8 Å². The third-order valence-electron chi connectivity index (χ3n) is 5.50. The molecule has 1 aliphatic carbocycles. The Morgan fingerprint density at radius 1 is 0.588 bits per heavy atom. The van der Waals surface area contributed by atoms with E-state index < -0.39 is 30.9 Å². The normalized spacial score (nSPS) is 16.3. The molecule has 2 aromatic rings. The Kier molecular flexibility index (Phi) is 10.2. The van der Waals surface area contributed by atoms with Crippen LogP contribution in [0, 0.1) is 24.7 Å². The molecule has 1 fully saturated rings. The van der Waals surface area contributed by atoms with Crippen molar-refractivity contribution in [3.05, 3.63) is 69.3 Å². The standard InChI is InChI=1S/C22H26N4O4S2.2Na/c1-15-7-11-17(12-8-15)31(27,28)25-23-19-21(3,4)20(22(19,5)6)24-26-32(29,30)18-13-9-16(2)10-14-18;;/h7-14H,1-6H3;;/q-2;2*+1. The summed E-state index contributed by atoms with van der Waals surface area (Å²) < 4.78 is 50.1. The third-order valence-corrected chi connectivity index (χ3v) is 7.83. The second kappa shape index (κ2) is 11.1. The van der Waals surface area contributed by atoms with Crippen molar-refractivity contribution in [2.24, 2.45) is 21.0 Å². The summed E-state index contributed by atoms with van der Waals surface area (Å²) in [5.41, 5.74) is 1.21. The molecule has 2 aromatic carbocycles. The van der Waals surface area contributed by atoms with Crippen LogP contribution in [0.5, 0.6) is 0 Å². The first kappa shape index (κ1) is 31.3. The molecular weight excluding hydrogens is 494 g/mol. The molecule has 172 valence electrons. The molecule has 0 saturated heterocycles. The van der Waals surface area contributed by atoms with Crippen LogP contribution in [-0.4, -0.2) is 28.3 Å². The van der Waals surface area contributed by atoms with Crippen molar-refractivity contribution < 1.29 is 76.0 Å². The van der Waals surface area contributed by atoms with Gasteiger partial charge in [-0.3, -0.25) is 0 Å². The molecule has 0 heterocycles. The predicted molar refractivity (Wildman–Crippen MR) is 126 cm³/mol. The summed E-state index contributed by atoms with van der Waals surface area (Å²) in [4.78, 5) is 7.35. The van der Waals surface area contributed by atoms with E-state index in [9.17, 15) is 16.8 Å². The molecule has 1 saturated carbocycles. The van der Waals surface area contributed by atoms with Crippen LogP contribution >= 0.6 is 0 Å². The minimum absolute atomic E-state index is 0. The number of rotatable bonds is 6. The van der Waals surface area contributed by atoms with Crippen molar-refractivity contribution in [2.45, 2.75) is 51.3 Å². The van der Waals surface area contributed by atoms with E-state index in [2.05, 4.69) is 19.9 Å². The van der Waals surface area contributed by atoms with E-state index in [0.717, 1.165) is 11.1 Å². The Morgan fingerprint density at radius 2 is 0.853 bits per heavy atom. The van der Waals surface area contributed by atoms with Gasteiger partial charge in [0.15, 0.2) is 0 Å². The van der Waals surface area contributed by atoms with Crippen LogP contribution in [0.2, 0.25) is 0 Å². The van der Waals surface area contributed by atoms with Crippen LogP contribution in [0.3, 0.4) is 0 Å². The minimum Gasteiger partial charge on any atom is -0.491 e. The Hall–Kier alpha value is -0.720. The van der Waals surface area contributed by atoms with E-state index in [-0.39, 0.29) is 68.9 Å². The molecule has 0 amide bonds. The van der Waals surface area contributed by atoms with Crippen LogP contribution in [0.25, 0.3) is 9.66 Å². The van der Waals surface area contributed by atoms with Gasteiger partial charge in [-0.25, -0.2) is 16.8 Å². The van der Waals surface area contributed by atoms with Gasteiger partial charge in [0.25, 0.3) is 0 Å². The van der Waals surface area contributed by atoms with Gasteiger partial charge in [-0.2, -0.15) is 0 Å². The summed E-state index contributed by atoms with van der Waals surface area (Å²) in [7, 11) is -7.93. The van der Waals surface area contributed by atoms with Crippen molar-refractivity contribution in [1.82, 2.24) is 0 Å². The fraction of sp³-hybridized carbons (Fsp3) is 0.364. The molecule has 0 spiro atoms. The molecule has 0 aliphatic heterocycles. The van der Waals surface area contributed by atoms with E-state index in [4.69, 9.17) is 0 Å². The Bertz CT molecular complexity index is 1180. The summed E-state index contributed by atoms with van der Waals surface area (Å²) in [5.74, 6) is 0. The first-order valence-corrected chi connectivity index (χ1v) is 12.8. The SMILES string of the molecule is Cc1ccc(S(=O)(=O)[N-]N=C2C(C)(C)C(=N[N-]S(=O)(=O)c3ccc(C)cc3)C2(C)C)cc1.[Na+].[Na+]. The number of benzene rings is 2. The maximum Gasteiger partial charge on any atom is 1.00 e. The number of hydrogen-bond donors (Lipinski definition) is 0. The van der Waals surface area contributed by atoms with Gasteiger partial charge in [0.1, 0.15) is 20.0 Å². The van der Waals surface area contributed by atoms with Crippen molar-refractivity contribution in [3.8, 4) is 0 Å². The molecule has 3 rings (SSSR count). The molecule has 0 aromatic heterocycles. The van der Waals surface area contributed by atoms with Gasteiger partial charge in [-0.15, -0.1) is 0 Å². The van der Waals surface area contributed by atoms with Gasteiger partial charge < -0.3 is 19.9 Å². The van der Waals surface area contributed by atoms with Crippen LogP contribution in [0.15, 0.2) is 68.5 Å². The largest absolute Gasteiger partial charge is 1.00 e. The van der Waals surface area contributed by atoms with Gasteiger partial charge in [0.05, 0.1) is 9.79 Å². The average Bonchev–Trinajstić information content (AvgIpc) is 2.67. The van der Waals surface area contributed by atoms with E-state index in [0.29, 0.717) is 11.4 Å². The van der Waals surface area contributed by atoms with Crippen molar-refractivity contribution in [3.63, 3.8) is 0 Å². The topological polar surface area (TPSA) is 121 Å². The number of nitrogens with zero attached hydrogens (tertiary/aromatic N) is 4. The van der Waals surface area contributed by atoms with Crippen LogP contribution in [0.1, 0.15) is 38.8 Å². The van der Waals surface area contributed by atoms with Gasteiger partial charge in [0.2, 0.25) is 0 Å². The average molecular weight is 521 g/mol. The zero-order valence-electron chi connectivity index (χ0n) is 20.9. The molecule has 0 radical (unpaired) electrons. The van der Waals surface area contributed by atoms with Crippen LogP contribution in [0.4, 0.5) is 0 Å². The summed E-state index contributed by atoms with van der Waals surface area (Å²) in [6.07, 6.45) is 0. The third kappa shape index (κ3) is 6.34. The van der Waals surface area contributed by atoms with Gasteiger partial charge >= 0.3 is 59.1 Å². The Labute approximate surface area is 246 Å². The van der Waals surface area contributed by atoms with Crippen LogP contribution < -0.4 is 59.1 Å². The molecule has 0 N–H and O–H groups in total. The molecule has 34 heavy (non-hydrogen) atoms. The smallest absolute Gasteiger partial charge is 0.491 e. The van der Waals surface area contributed by atoms with Crippen LogP contribution in [-0.2, 0) is 20.0 Å². The first-order chi connectivity index (χ1) is 14.7. The fourth-order valence-electron chi connectivity index (χ4n) is 3.93. The maximum absolute atomic E-state index is 12.5. The zero-order valence-corrected chi connectivity index (χ0v) is 26.5. The molecule has 1 aliphatic rings. The van der Waals surface area contributed by atoms with Gasteiger partial charge in [-0.05, 0) is 65.8 Å².